The Morgan fingerprint density at radius 1 is 1.44 bits per heavy atom. The van der Waals surface area contributed by atoms with Crippen molar-refractivity contribution >= 4 is 27.8 Å². The lowest BCUT2D eigenvalue weighted by molar-refractivity contribution is -0.141. The Labute approximate surface area is 112 Å². The van der Waals surface area contributed by atoms with Crippen molar-refractivity contribution in [3.05, 3.63) is 34.1 Å². The molecule has 2 rings (SSSR count). The van der Waals surface area contributed by atoms with Crippen LogP contribution >= 0.6 is 15.9 Å². The van der Waals surface area contributed by atoms with Crippen molar-refractivity contribution in [1.82, 2.24) is 4.90 Å². The third kappa shape index (κ3) is 2.25. The molecule has 4 nitrogen and oxygen atoms in total. The first-order valence-electron chi connectivity index (χ1n) is 5.50. The molecule has 1 amide bonds. The molecule has 1 atom stereocenters. The Kier molecular flexibility index (Phi) is 3.65. The summed E-state index contributed by atoms with van der Waals surface area (Å²) in [4.78, 5) is 24.5. The molecule has 1 aromatic carbocycles. The van der Waals surface area contributed by atoms with Gasteiger partial charge in [0.2, 0.25) is 0 Å². The monoisotopic (exact) mass is 315 g/mol. The number of carbonyl (C=O) groups excluding carboxylic acids is 1. The maximum Gasteiger partial charge on any atom is 0.326 e. The van der Waals surface area contributed by atoms with E-state index in [1.807, 2.05) is 0 Å². The van der Waals surface area contributed by atoms with Crippen molar-refractivity contribution in [3.63, 3.8) is 0 Å². The van der Waals surface area contributed by atoms with Crippen molar-refractivity contribution in [2.75, 3.05) is 6.54 Å². The van der Waals surface area contributed by atoms with Gasteiger partial charge in [0.05, 0.1) is 10.0 Å². The maximum absolute atomic E-state index is 13.3. The molecule has 1 aliphatic rings. The summed E-state index contributed by atoms with van der Waals surface area (Å²) in [6, 6.07) is 3.33. The summed E-state index contributed by atoms with van der Waals surface area (Å²) in [6.07, 6.45) is 1.09. The fourth-order valence-electron chi connectivity index (χ4n) is 2.09. The highest BCUT2D eigenvalue weighted by Gasteiger charge is 2.35. The van der Waals surface area contributed by atoms with E-state index in [4.69, 9.17) is 5.11 Å². The highest BCUT2D eigenvalue weighted by molar-refractivity contribution is 9.10. The number of amides is 1. The molecular weight excluding hydrogens is 305 g/mol. The summed E-state index contributed by atoms with van der Waals surface area (Å²) in [5.74, 6) is -2.01. The molecule has 1 fully saturated rings. The highest BCUT2D eigenvalue weighted by Crippen LogP contribution is 2.26. The number of halogens is 2. The van der Waals surface area contributed by atoms with E-state index in [2.05, 4.69) is 15.9 Å². The number of hydrogen-bond donors (Lipinski definition) is 1. The van der Waals surface area contributed by atoms with Gasteiger partial charge in [0.1, 0.15) is 11.9 Å². The Hall–Kier alpha value is -1.43. The fourth-order valence-corrected chi connectivity index (χ4v) is 2.52. The lowest BCUT2D eigenvalue weighted by Gasteiger charge is -2.22. The quantitative estimate of drug-likeness (QED) is 0.911. The third-order valence-electron chi connectivity index (χ3n) is 2.98. The van der Waals surface area contributed by atoms with Crippen LogP contribution in [0.15, 0.2) is 22.7 Å². The number of likely N-dealkylation sites (tertiary alicyclic amines) is 1. The van der Waals surface area contributed by atoms with Gasteiger partial charge in [0.15, 0.2) is 0 Å². The van der Waals surface area contributed by atoms with Crippen molar-refractivity contribution in [2.45, 2.75) is 18.9 Å². The zero-order valence-corrected chi connectivity index (χ0v) is 11.0. The van der Waals surface area contributed by atoms with Crippen LogP contribution in [0.1, 0.15) is 23.2 Å². The SMILES string of the molecule is O=C(O)[C@@H]1CCCN1C(=O)c1cccc(F)c1Br. The van der Waals surface area contributed by atoms with E-state index in [9.17, 15) is 14.0 Å². The van der Waals surface area contributed by atoms with Gasteiger partial charge in [-0.25, -0.2) is 9.18 Å². The summed E-state index contributed by atoms with van der Waals surface area (Å²) in [5, 5.41) is 9.02. The molecule has 0 spiro atoms. The summed E-state index contributed by atoms with van der Waals surface area (Å²) >= 11 is 3.01. The van der Waals surface area contributed by atoms with E-state index in [0.29, 0.717) is 19.4 Å². The zero-order valence-electron chi connectivity index (χ0n) is 9.40. The second kappa shape index (κ2) is 5.06. The predicted molar refractivity (Wildman–Crippen MR) is 65.8 cm³/mol. The molecule has 0 radical (unpaired) electrons. The van der Waals surface area contributed by atoms with E-state index < -0.39 is 23.7 Å². The number of hydrogen-bond acceptors (Lipinski definition) is 2. The Morgan fingerprint density at radius 3 is 2.83 bits per heavy atom. The minimum atomic E-state index is -1.02. The van der Waals surface area contributed by atoms with Gasteiger partial charge in [-0.05, 0) is 40.9 Å². The Balaban J connectivity index is 2.31. The van der Waals surface area contributed by atoms with Crippen molar-refractivity contribution < 1.29 is 19.1 Å². The van der Waals surface area contributed by atoms with Crippen LogP contribution in [-0.2, 0) is 4.79 Å². The average Bonchev–Trinajstić information content (AvgIpc) is 2.81. The van der Waals surface area contributed by atoms with Crippen molar-refractivity contribution in [3.8, 4) is 0 Å². The van der Waals surface area contributed by atoms with Crippen LogP contribution in [0.2, 0.25) is 0 Å². The number of aliphatic carboxylic acids is 1. The van der Waals surface area contributed by atoms with Gasteiger partial charge in [-0.15, -0.1) is 0 Å². The number of carbonyl (C=O) groups is 2. The smallest absolute Gasteiger partial charge is 0.326 e. The summed E-state index contributed by atoms with van der Waals surface area (Å²) in [5.41, 5.74) is 0.156. The fraction of sp³-hybridized carbons (Fsp3) is 0.333. The van der Waals surface area contributed by atoms with Crippen LogP contribution in [-0.4, -0.2) is 34.5 Å². The molecule has 18 heavy (non-hydrogen) atoms. The van der Waals surface area contributed by atoms with Gasteiger partial charge < -0.3 is 10.0 Å². The highest BCUT2D eigenvalue weighted by atomic mass is 79.9. The first kappa shape index (κ1) is 13.0. The predicted octanol–water partition coefficient (Wildman–Crippen LogP) is 2.28. The van der Waals surface area contributed by atoms with Gasteiger partial charge in [-0.1, -0.05) is 6.07 Å². The average molecular weight is 316 g/mol. The topological polar surface area (TPSA) is 57.6 Å². The van der Waals surface area contributed by atoms with Crippen LogP contribution in [0.5, 0.6) is 0 Å². The largest absolute Gasteiger partial charge is 0.480 e. The number of nitrogens with zero attached hydrogens (tertiary/aromatic N) is 1. The molecule has 1 heterocycles. The summed E-state index contributed by atoms with van der Waals surface area (Å²) in [7, 11) is 0. The van der Waals surface area contributed by atoms with Crippen LogP contribution < -0.4 is 0 Å². The van der Waals surface area contributed by atoms with Crippen LogP contribution in [0.3, 0.4) is 0 Å². The summed E-state index contributed by atoms with van der Waals surface area (Å²) < 4.78 is 13.4. The second-order valence-corrected chi connectivity index (χ2v) is 4.89. The molecule has 1 aromatic rings. The molecule has 6 heteroatoms. The van der Waals surface area contributed by atoms with E-state index >= 15 is 0 Å². The maximum atomic E-state index is 13.3. The number of rotatable bonds is 2. The minimum Gasteiger partial charge on any atom is -0.480 e. The molecule has 0 saturated carbocycles. The first-order valence-corrected chi connectivity index (χ1v) is 6.29. The molecule has 1 aliphatic heterocycles. The van der Waals surface area contributed by atoms with Gasteiger partial charge in [0.25, 0.3) is 5.91 Å². The second-order valence-electron chi connectivity index (χ2n) is 4.10. The van der Waals surface area contributed by atoms with E-state index in [1.54, 1.807) is 0 Å². The lowest BCUT2D eigenvalue weighted by atomic mass is 10.1. The normalized spacial score (nSPS) is 19.0. The van der Waals surface area contributed by atoms with Gasteiger partial charge in [-0.2, -0.15) is 0 Å². The van der Waals surface area contributed by atoms with E-state index in [1.165, 1.54) is 23.1 Å². The van der Waals surface area contributed by atoms with Crippen LogP contribution in [0, 0.1) is 5.82 Å². The van der Waals surface area contributed by atoms with E-state index in [0.717, 1.165) is 0 Å². The van der Waals surface area contributed by atoms with Gasteiger partial charge >= 0.3 is 5.97 Å². The number of benzene rings is 1. The van der Waals surface area contributed by atoms with Gasteiger partial charge in [0, 0.05) is 6.54 Å². The van der Waals surface area contributed by atoms with Crippen molar-refractivity contribution in [1.29, 1.82) is 0 Å². The molecule has 0 unspecified atom stereocenters. The standard InChI is InChI=1S/C12H11BrFNO3/c13-10-7(3-1-4-8(10)14)11(16)15-6-2-5-9(15)12(17)18/h1,3-4,9H,2,5-6H2,(H,17,18)/t9-/m0/s1. The van der Waals surface area contributed by atoms with E-state index in [-0.39, 0.29) is 10.0 Å². The molecule has 1 N–H and O–H groups in total. The summed E-state index contributed by atoms with van der Waals surface area (Å²) in [6.45, 7) is 0.388. The molecular formula is C12H11BrFNO3. The molecule has 0 bridgehead atoms. The van der Waals surface area contributed by atoms with Crippen LogP contribution in [0.25, 0.3) is 0 Å². The third-order valence-corrected chi connectivity index (χ3v) is 3.79. The lowest BCUT2D eigenvalue weighted by Crippen LogP contribution is -2.40. The molecule has 0 aliphatic carbocycles. The van der Waals surface area contributed by atoms with Gasteiger partial charge in [-0.3, -0.25) is 4.79 Å². The Morgan fingerprint density at radius 2 is 2.17 bits per heavy atom. The van der Waals surface area contributed by atoms with Crippen LogP contribution in [0.4, 0.5) is 4.39 Å². The number of carboxylic acid groups (broad SMARTS) is 1. The van der Waals surface area contributed by atoms with Crippen molar-refractivity contribution in [2.24, 2.45) is 0 Å². The molecule has 96 valence electrons. The zero-order chi connectivity index (χ0) is 13.3. The Bertz CT molecular complexity index is 506. The minimum absolute atomic E-state index is 0.0750. The number of carboxylic acids is 1. The first-order chi connectivity index (χ1) is 8.52. The molecule has 0 aromatic heterocycles. The molecule has 1 saturated heterocycles.